The van der Waals surface area contributed by atoms with Gasteiger partial charge in [0.1, 0.15) is 29.5 Å². The van der Waals surface area contributed by atoms with Crippen LogP contribution in [0.2, 0.25) is 0 Å². The van der Waals surface area contributed by atoms with Crippen molar-refractivity contribution in [3.8, 4) is 0 Å². The number of aliphatic hydroxyl groups excluding tert-OH is 3. The Labute approximate surface area is 185 Å². The van der Waals surface area contributed by atoms with Crippen LogP contribution in [-0.4, -0.2) is 102 Å². The molecule has 14 heteroatoms. The van der Waals surface area contributed by atoms with Crippen molar-refractivity contribution in [2.45, 2.75) is 71.1 Å². The van der Waals surface area contributed by atoms with Crippen LogP contribution in [0, 0.1) is 5.92 Å². The van der Waals surface area contributed by atoms with Gasteiger partial charge in [0.05, 0.1) is 19.3 Å². The van der Waals surface area contributed by atoms with E-state index in [4.69, 9.17) is 53.8 Å². The topological polar surface area (TPSA) is 167 Å². The first-order valence-electron chi connectivity index (χ1n) is 9.11. The molecule has 0 unspecified atom stereocenters. The normalized spacial score (nSPS) is 51.9. The van der Waals surface area contributed by atoms with Crippen molar-refractivity contribution in [1.82, 2.24) is 5.32 Å². The molecule has 0 radical (unpaired) electrons. The molecular weight excluding hydrogens is 473 g/mol. The second kappa shape index (κ2) is 6.75. The Bertz CT molecular complexity index is 751. The zero-order chi connectivity index (χ0) is 22.5. The molecule has 4 heterocycles. The summed E-state index contributed by atoms with van der Waals surface area (Å²) < 4.78 is 19.5. The molecule has 11 nitrogen and oxygen atoms in total. The minimum Gasteiger partial charge on any atom is -0.393 e. The first kappa shape index (κ1) is 23.1. The third kappa shape index (κ3) is 2.96. The zero-order valence-corrected chi connectivity index (χ0v) is 18.1. The van der Waals surface area contributed by atoms with Gasteiger partial charge in [0.15, 0.2) is 11.9 Å². The Morgan fingerprint density at radius 2 is 1.73 bits per heavy atom. The molecule has 172 valence electrons. The Balaban J connectivity index is 1.87. The van der Waals surface area contributed by atoms with E-state index in [1.165, 1.54) is 0 Å². The van der Waals surface area contributed by atoms with Crippen LogP contribution in [0.1, 0.15) is 13.8 Å². The van der Waals surface area contributed by atoms with Crippen molar-refractivity contribution in [3.05, 3.63) is 0 Å². The van der Waals surface area contributed by atoms with E-state index in [1.54, 1.807) is 13.8 Å². The number of alkyl halides is 3. The maximum Gasteiger partial charge on any atom is 0.311 e. The third-order valence-corrected chi connectivity index (χ3v) is 6.82. The Morgan fingerprint density at radius 1 is 1.13 bits per heavy atom. The number of aliphatic hydroxyl groups is 5. The summed E-state index contributed by atoms with van der Waals surface area (Å²) in [4.78, 5) is 12.6. The molecule has 9 atom stereocenters. The van der Waals surface area contributed by atoms with Gasteiger partial charge in [0.2, 0.25) is 0 Å². The molecule has 1 aliphatic carbocycles. The van der Waals surface area contributed by atoms with E-state index >= 15 is 0 Å². The summed E-state index contributed by atoms with van der Waals surface area (Å²) in [5, 5.41) is 56.2. The number of hydrogen-bond acceptors (Lipinski definition) is 10. The zero-order valence-electron chi connectivity index (χ0n) is 15.8. The monoisotopic (exact) mass is 493 g/mol. The van der Waals surface area contributed by atoms with Gasteiger partial charge in [0, 0.05) is 5.92 Å². The van der Waals surface area contributed by atoms with Crippen LogP contribution in [0.15, 0.2) is 0 Å². The smallest absolute Gasteiger partial charge is 0.311 e. The van der Waals surface area contributed by atoms with E-state index < -0.39 is 75.6 Å². The average molecular weight is 495 g/mol. The van der Waals surface area contributed by atoms with Gasteiger partial charge in [-0.3, -0.25) is 4.79 Å². The van der Waals surface area contributed by atoms with Gasteiger partial charge in [-0.1, -0.05) is 34.8 Å². The standard InChI is InChI=1S/C16H22Cl3NO10/c1-12(2)27-3-5(28-12)6-8-13(25,4-21)9-7(22)14(6,20-11(24)15(17,18)19)10(23)16(26,29-8)30-9/h5-10,21-23,25-26H,3-4H2,1-2H3,(H,20,24)/t5-,6+,7-,8-,9+,10+,13+,14-,16+/m1/s1. The molecule has 1 amide bonds. The maximum absolute atomic E-state index is 12.6. The van der Waals surface area contributed by atoms with Crippen LogP contribution < -0.4 is 5.32 Å². The fourth-order valence-electron chi connectivity index (χ4n) is 5.02. The number of hydrogen-bond donors (Lipinski definition) is 6. The van der Waals surface area contributed by atoms with Crippen LogP contribution in [0.25, 0.3) is 0 Å². The molecule has 5 rings (SSSR count). The molecule has 1 saturated carbocycles. The van der Waals surface area contributed by atoms with E-state index in [9.17, 15) is 30.3 Å². The van der Waals surface area contributed by atoms with Gasteiger partial charge in [-0.25, -0.2) is 0 Å². The van der Waals surface area contributed by atoms with E-state index in [0.29, 0.717) is 0 Å². The average Bonchev–Trinajstić information content (AvgIpc) is 2.98. The number of carbonyl (C=O) groups is 1. The van der Waals surface area contributed by atoms with Gasteiger partial charge in [-0.15, -0.1) is 0 Å². The highest BCUT2D eigenvalue weighted by atomic mass is 35.6. The van der Waals surface area contributed by atoms with Crippen molar-refractivity contribution in [3.63, 3.8) is 0 Å². The van der Waals surface area contributed by atoms with Gasteiger partial charge >= 0.3 is 5.97 Å². The molecule has 5 aliphatic rings. The van der Waals surface area contributed by atoms with E-state index in [-0.39, 0.29) is 6.61 Å². The lowest BCUT2D eigenvalue weighted by Crippen LogP contribution is -2.94. The van der Waals surface area contributed by atoms with Crippen LogP contribution in [0.4, 0.5) is 0 Å². The molecule has 4 saturated heterocycles. The lowest BCUT2D eigenvalue weighted by Gasteiger charge is -2.71. The highest BCUT2D eigenvalue weighted by Crippen LogP contribution is 2.59. The lowest BCUT2D eigenvalue weighted by molar-refractivity contribution is -0.548. The molecular formula is C16H22Cl3NO10. The minimum atomic E-state index is -2.73. The van der Waals surface area contributed by atoms with Crippen molar-refractivity contribution in [2.75, 3.05) is 13.2 Å². The van der Waals surface area contributed by atoms with Gasteiger partial charge < -0.3 is 49.8 Å². The molecule has 4 aliphatic heterocycles. The summed E-state index contributed by atoms with van der Waals surface area (Å²) in [6.07, 6.45) is -8.09. The number of ether oxygens (including phenoxy) is 4. The molecule has 0 aromatic rings. The van der Waals surface area contributed by atoms with Crippen molar-refractivity contribution >= 4 is 40.7 Å². The van der Waals surface area contributed by atoms with E-state index in [0.717, 1.165) is 0 Å². The van der Waals surface area contributed by atoms with Crippen molar-refractivity contribution in [1.29, 1.82) is 0 Å². The molecule has 30 heavy (non-hydrogen) atoms. The van der Waals surface area contributed by atoms with Gasteiger partial charge in [-0.05, 0) is 13.8 Å². The molecule has 5 fully saturated rings. The fraction of sp³-hybridized carbons (Fsp3) is 0.938. The highest BCUT2D eigenvalue weighted by Gasteiger charge is 2.83. The molecule has 4 bridgehead atoms. The lowest BCUT2D eigenvalue weighted by atomic mass is 9.54. The third-order valence-electron chi connectivity index (χ3n) is 6.30. The van der Waals surface area contributed by atoms with E-state index in [2.05, 4.69) is 5.32 Å². The summed E-state index contributed by atoms with van der Waals surface area (Å²) in [5.74, 6) is -6.30. The number of amides is 1. The van der Waals surface area contributed by atoms with Gasteiger partial charge in [-0.2, -0.15) is 0 Å². The van der Waals surface area contributed by atoms with Crippen molar-refractivity contribution < 1.29 is 49.3 Å². The highest BCUT2D eigenvalue weighted by molar-refractivity contribution is 6.76. The number of halogens is 3. The van der Waals surface area contributed by atoms with Crippen LogP contribution in [0.5, 0.6) is 0 Å². The Morgan fingerprint density at radius 3 is 2.23 bits per heavy atom. The van der Waals surface area contributed by atoms with Gasteiger partial charge in [0.25, 0.3) is 9.70 Å². The van der Waals surface area contributed by atoms with Crippen LogP contribution >= 0.6 is 34.8 Å². The number of nitrogens with one attached hydrogen (secondary N) is 1. The van der Waals surface area contributed by atoms with Crippen LogP contribution in [0.3, 0.4) is 0 Å². The number of rotatable bonds is 3. The predicted molar refractivity (Wildman–Crippen MR) is 98.3 cm³/mol. The Kier molecular flexibility index (Phi) is 5.21. The molecule has 6 N–H and O–H groups in total. The maximum atomic E-state index is 12.6. The summed E-state index contributed by atoms with van der Waals surface area (Å²) in [6, 6.07) is 0. The number of carbonyl (C=O) groups excluding carboxylic acids is 1. The SMILES string of the molecule is CC1(C)OC[C@H]([C@H]2[C@H]3O[C@]4(O)O[C@@H]([C@@H](O)[C@@]2(NC(=O)C(Cl)(Cl)Cl)[C@@H]4O)[C@]3(O)CO)O1. The molecule has 0 aromatic heterocycles. The largest absolute Gasteiger partial charge is 0.393 e. The summed E-state index contributed by atoms with van der Waals surface area (Å²) in [5.41, 5.74) is -4.38. The van der Waals surface area contributed by atoms with Crippen molar-refractivity contribution in [2.24, 2.45) is 5.92 Å². The van der Waals surface area contributed by atoms with E-state index in [1.807, 2.05) is 0 Å². The Hall–Kier alpha value is -0.0200. The summed E-state index contributed by atoms with van der Waals surface area (Å²) in [7, 11) is 0. The second-order valence-corrected chi connectivity index (χ2v) is 10.8. The first-order chi connectivity index (χ1) is 13.6. The molecule has 0 aromatic carbocycles. The molecule has 0 spiro atoms. The predicted octanol–water partition coefficient (Wildman–Crippen LogP) is -2.12. The summed E-state index contributed by atoms with van der Waals surface area (Å²) >= 11 is 17.0. The first-order valence-corrected chi connectivity index (χ1v) is 10.2. The quantitative estimate of drug-likeness (QED) is 0.239. The second-order valence-electron chi connectivity index (χ2n) is 8.48. The fourth-order valence-corrected chi connectivity index (χ4v) is 5.16. The summed E-state index contributed by atoms with van der Waals surface area (Å²) in [6.45, 7) is 2.19. The minimum absolute atomic E-state index is 0.0895. The van der Waals surface area contributed by atoms with Crippen LogP contribution in [-0.2, 0) is 23.7 Å².